The van der Waals surface area contributed by atoms with Crippen LogP contribution in [0.3, 0.4) is 0 Å². The number of halogens is 1. The van der Waals surface area contributed by atoms with E-state index in [0.717, 1.165) is 12.0 Å². The van der Waals surface area contributed by atoms with E-state index in [4.69, 9.17) is 4.74 Å². The van der Waals surface area contributed by atoms with E-state index in [0.29, 0.717) is 12.0 Å². The van der Waals surface area contributed by atoms with E-state index < -0.39 is 23.7 Å². The topological polar surface area (TPSA) is 68.3 Å². The predicted molar refractivity (Wildman–Crippen MR) is 96.0 cm³/mol. The molecule has 1 atom stereocenters. The number of pyridine rings is 1. The first-order chi connectivity index (χ1) is 12.5. The third kappa shape index (κ3) is 5.95. The van der Waals surface area contributed by atoms with Crippen molar-refractivity contribution in [2.45, 2.75) is 32.7 Å². The van der Waals surface area contributed by atoms with Crippen LogP contribution in [0, 0.1) is 11.7 Å². The largest absolute Gasteiger partial charge is 0.464 e. The molecule has 138 valence electrons. The fraction of sp³-hybridized carbons (Fsp3) is 0.350. The van der Waals surface area contributed by atoms with Crippen LogP contribution in [-0.4, -0.2) is 29.5 Å². The first-order valence-electron chi connectivity index (χ1n) is 8.59. The lowest BCUT2D eigenvalue weighted by Crippen LogP contribution is -2.45. The van der Waals surface area contributed by atoms with E-state index in [1.807, 2.05) is 26.0 Å². The number of rotatable bonds is 8. The lowest BCUT2D eigenvalue weighted by Gasteiger charge is -2.21. The number of nitrogens with zero attached hydrogens (tertiary/aromatic N) is 1. The molecule has 2 aromatic rings. The van der Waals surface area contributed by atoms with Crippen molar-refractivity contribution in [1.82, 2.24) is 10.3 Å². The Morgan fingerprint density at radius 1 is 1.12 bits per heavy atom. The summed E-state index contributed by atoms with van der Waals surface area (Å²) in [6.07, 6.45) is 4.92. The fourth-order valence-corrected chi connectivity index (χ4v) is 2.41. The van der Waals surface area contributed by atoms with Gasteiger partial charge in [-0.3, -0.25) is 9.78 Å². The Bertz CT molecular complexity index is 718. The summed E-state index contributed by atoms with van der Waals surface area (Å²) in [5, 5.41) is 2.67. The number of amides is 1. The summed E-state index contributed by atoms with van der Waals surface area (Å²) in [6, 6.07) is 8.24. The molecular formula is C20H23FN2O3. The molecule has 0 unspecified atom stereocenters. The van der Waals surface area contributed by atoms with Crippen LogP contribution in [0.5, 0.6) is 0 Å². The van der Waals surface area contributed by atoms with Crippen LogP contribution in [0.1, 0.15) is 36.2 Å². The maximum absolute atomic E-state index is 13.0. The van der Waals surface area contributed by atoms with Crippen molar-refractivity contribution in [2.24, 2.45) is 5.92 Å². The second-order valence-corrected chi connectivity index (χ2v) is 6.33. The highest BCUT2D eigenvalue weighted by molar-refractivity contribution is 5.96. The molecule has 0 aliphatic heterocycles. The van der Waals surface area contributed by atoms with Gasteiger partial charge in [-0.1, -0.05) is 13.8 Å². The summed E-state index contributed by atoms with van der Waals surface area (Å²) in [5.74, 6) is -1.45. The van der Waals surface area contributed by atoms with Crippen LogP contribution in [0.25, 0.3) is 0 Å². The van der Waals surface area contributed by atoms with Crippen LogP contribution in [0.15, 0.2) is 48.8 Å². The number of carbonyl (C=O) groups is 2. The zero-order valence-electron chi connectivity index (χ0n) is 14.9. The highest BCUT2D eigenvalue weighted by Gasteiger charge is 2.26. The quantitative estimate of drug-likeness (QED) is 0.581. The van der Waals surface area contributed by atoms with E-state index >= 15 is 0 Å². The molecule has 1 aromatic carbocycles. The fourth-order valence-electron chi connectivity index (χ4n) is 2.41. The third-order valence-corrected chi connectivity index (χ3v) is 3.92. The van der Waals surface area contributed by atoms with Gasteiger partial charge in [-0.05, 0) is 60.7 Å². The van der Waals surface area contributed by atoms with Crippen molar-refractivity contribution in [1.29, 1.82) is 0 Å². The second kappa shape index (κ2) is 9.65. The minimum atomic E-state index is -0.756. The van der Waals surface area contributed by atoms with Gasteiger partial charge < -0.3 is 10.1 Å². The van der Waals surface area contributed by atoms with Crippen LogP contribution in [0.2, 0.25) is 0 Å². The zero-order chi connectivity index (χ0) is 18.9. The summed E-state index contributed by atoms with van der Waals surface area (Å²) in [6.45, 7) is 3.93. The SMILES string of the molecule is CC(C)[C@H](NC(=O)c1ccc(F)cc1)C(=O)OCCCc1ccncc1. The number of aryl methyl sites for hydroxylation is 1. The number of carbonyl (C=O) groups excluding carboxylic acids is 2. The Balaban J connectivity index is 1.84. The first-order valence-corrected chi connectivity index (χ1v) is 8.59. The molecule has 0 aliphatic carbocycles. The summed E-state index contributed by atoms with van der Waals surface area (Å²) >= 11 is 0. The van der Waals surface area contributed by atoms with Crippen LogP contribution in [0.4, 0.5) is 4.39 Å². The van der Waals surface area contributed by atoms with E-state index in [2.05, 4.69) is 10.3 Å². The number of hydrogen-bond acceptors (Lipinski definition) is 4. The summed E-state index contributed by atoms with van der Waals surface area (Å²) in [7, 11) is 0. The molecule has 26 heavy (non-hydrogen) atoms. The number of esters is 1. The Hall–Kier alpha value is -2.76. The normalized spacial score (nSPS) is 11.8. The van der Waals surface area contributed by atoms with Gasteiger partial charge >= 0.3 is 5.97 Å². The average molecular weight is 358 g/mol. The van der Waals surface area contributed by atoms with Gasteiger partial charge in [0, 0.05) is 18.0 Å². The van der Waals surface area contributed by atoms with Crippen LogP contribution >= 0.6 is 0 Å². The molecule has 0 saturated carbocycles. The summed E-state index contributed by atoms with van der Waals surface area (Å²) in [4.78, 5) is 28.5. The van der Waals surface area contributed by atoms with Crippen molar-refractivity contribution < 1.29 is 18.7 Å². The molecule has 0 saturated heterocycles. The van der Waals surface area contributed by atoms with Crippen molar-refractivity contribution in [3.63, 3.8) is 0 Å². The van der Waals surface area contributed by atoms with Gasteiger partial charge in [-0.15, -0.1) is 0 Å². The smallest absolute Gasteiger partial charge is 0.328 e. The first kappa shape index (κ1) is 19.6. The zero-order valence-corrected chi connectivity index (χ0v) is 14.9. The van der Waals surface area contributed by atoms with E-state index in [1.165, 1.54) is 24.3 Å². The van der Waals surface area contributed by atoms with Gasteiger partial charge in [0.1, 0.15) is 11.9 Å². The number of hydrogen-bond donors (Lipinski definition) is 1. The molecule has 1 aromatic heterocycles. The highest BCUT2D eigenvalue weighted by atomic mass is 19.1. The molecule has 0 aliphatic rings. The van der Waals surface area contributed by atoms with Gasteiger partial charge in [0.25, 0.3) is 5.91 Å². The van der Waals surface area contributed by atoms with Gasteiger partial charge in [0.2, 0.25) is 0 Å². The lowest BCUT2D eigenvalue weighted by molar-refractivity contribution is -0.147. The monoisotopic (exact) mass is 358 g/mol. The standard InChI is InChI=1S/C20H23FN2O3/c1-14(2)18(23-19(24)16-5-7-17(21)8-6-16)20(25)26-13-3-4-15-9-11-22-12-10-15/h5-12,14,18H,3-4,13H2,1-2H3,(H,23,24)/t18-/m0/s1. The maximum Gasteiger partial charge on any atom is 0.328 e. The van der Waals surface area contributed by atoms with Gasteiger partial charge in [0.05, 0.1) is 6.61 Å². The van der Waals surface area contributed by atoms with E-state index in [-0.39, 0.29) is 12.5 Å². The lowest BCUT2D eigenvalue weighted by atomic mass is 10.0. The minimum absolute atomic E-state index is 0.132. The minimum Gasteiger partial charge on any atom is -0.464 e. The Labute approximate surface area is 152 Å². The predicted octanol–water partition coefficient (Wildman–Crippen LogP) is 3.15. The number of benzene rings is 1. The molecule has 5 nitrogen and oxygen atoms in total. The molecule has 2 rings (SSSR count). The van der Waals surface area contributed by atoms with E-state index in [1.54, 1.807) is 12.4 Å². The molecule has 0 spiro atoms. The van der Waals surface area contributed by atoms with Crippen LogP contribution < -0.4 is 5.32 Å². The van der Waals surface area contributed by atoms with Crippen molar-refractivity contribution in [3.05, 3.63) is 65.7 Å². The Kier molecular flexibility index (Phi) is 7.26. The molecule has 1 N–H and O–H groups in total. The summed E-state index contributed by atoms with van der Waals surface area (Å²) in [5.41, 5.74) is 1.42. The number of ether oxygens (including phenoxy) is 1. The molecule has 1 heterocycles. The van der Waals surface area contributed by atoms with Gasteiger partial charge in [0.15, 0.2) is 0 Å². The van der Waals surface area contributed by atoms with Crippen LogP contribution in [-0.2, 0) is 16.0 Å². The van der Waals surface area contributed by atoms with Crippen molar-refractivity contribution >= 4 is 11.9 Å². The molecular weight excluding hydrogens is 335 g/mol. The van der Waals surface area contributed by atoms with Crippen molar-refractivity contribution in [3.8, 4) is 0 Å². The molecule has 6 heteroatoms. The maximum atomic E-state index is 13.0. The Morgan fingerprint density at radius 3 is 2.38 bits per heavy atom. The number of aromatic nitrogens is 1. The molecule has 0 radical (unpaired) electrons. The third-order valence-electron chi connectivity index (χ3n) is 3.92. The molecule has 1 amide bonds. The average Bonchev–Trinajstić information content (AvgIpc) is 2.64. The van der Waals surface area contributed by atoms with Gasteiger partial charge in [-0.25, -0.2) is 9.18 Å². The molecule has 0 fully saturated rings. The second-order valence-electron chi connectivity index (χ2n) is 6.33. The van der Waals surface area contributed by atoms with Crippen molar-refractivity contribution in [2.75, 3.05) is 6.61 Å². The highest BCUT2D eigenvalue weighted by Crippen LogP contribution is 2.09. The molecule has 0 bridgehead atoms. The summed E-state index contributed by atoms with van der Waals surface area (Å²) < 4.78 is 18.3. The Morgan fingerprint density at radius 2 is 1.77 bits per heavy atom. The van der Waals surface area contributed by atoms with E-state index in [9.17, 15) is 14.0 Å². The van der Waals surface area contributed by atoms with Gasteiger partial charge in [-0.2, -0.15) is 0 Å². The number of nitrogens with one attached hydrogen (secondary N) is 1.